The molecule has 20 heavy (non-hydrogen) atoms. The van der Waals surface area contributed by atoms with Gasteiger partial charge in [0.25, 0.3) is 0 Å². The molecular formula is C17H33FN2. The Labute approximate surface area is 124 Å². The van der Waals surface area contributed by atoms with Crippen molar-refractivity contribution in [2.24, 2.45) is 17.8 Å². The summed E-state index contributed by atoms with van der Waals surface area (Å²) in [5, 5.41) is 0. The second-order valence-corrected chi connectivity index (χ2v) is 7.70. The molecule has 2 aliphatic heterocycles. The van der Waals surface area contributed by atoms with Gasteiger partial charge in [-0.25, -0.2) is 4.39 Å². The lowest BCUT2D eigenvalue weighted by molar-refractivity contribution is 0.0106. The van der Waals surface area contributed by atoms with Gasteiger partial charge in [0.15, 0.2) is 0 Å². The van der Waals surface area contributed by atoms with Crippen LogP contribution < -0.4 is 0 Å². The van der Waals surface area contributed by atoms with Gasteiger partial charge in [-0.05, 0) is 58.0 Å². The molecule has 118 valence electrons. The largest absolute Gasteiger partial charge is 0.302 e. The molecule has 3 heteroatoms. The molecular weight excluding hydrogens is 251 g/mol. The molecule has 0 bridgehead atoms. The first-order valence-corrected chi connectivity index (χ1v) is 8.56. The Hall–Kier alpha value is -0.150. The number of likely N-dealkylation sites (tertiary alicyclic amines) is 2. The van der Waals surface area contributed by atoms with Crippen LogP contribution in [0.25, 0.3) is 0 Å². The summed E-state index contributed by atoms with van der Waals surface area (Å²) in [6.45, 7) is 14.5. The maximum Gasteiger partial charge on any atom is 0.106 e. The van der Waals surface area contributed by atoms with Gasteiger partial charge in [0.1, 0.15) is 6.17 Å². The molecule has 0 N–H and O–H groups in total. The van der Waals surface area contributed by atoms with Crippen LogP contribution in [0.2, 0.25) is 0 Å². The molecule has 0 saturated carbocycles. The zero-order valence-electron chi connectivity index (χ0n) is 13.8. The molecule has 0 aromatic rings. The van der Waals surface area contributed by atoms with Crippen LogP contribution in [-0.4, -0.2) is 54.7 Å². The lowest BCUT2D eigenvalue weighted by Crippen LogP contribution is -2.53. The fourth-order valence-electron chi connectivity index (χ4n) is 3.65. The minimum absolute atomic E-state index is 0.313. The smallest absolute Gasteiger partial charge is 0.106 e. The van der Waals surface area contributed by atoms with E-state index in [9.17, 15) is 4.39 Å². The van der Waals surface area contributed by atoms with E-state index in [1.807, 2.05) is 0 Å². The molecule has 0 amide bonds. The van der Waals surface area contributed by atoms with E-state index in [0.29, 0.717) is 17.9 Å². The molecule has 2 fully saturated rings. The Bertz CT molecular complexity index is 279. The summed E-state index contributed by atoms with van der Waals surface area (Å²) in [6, 6.07) is 0.688. The van der Waals surface area contributed by atoms with Gasteiger partial charge in [0.2, 0.25) is 0 Å². The predicted octanol–water partition coefficient (Wildman–Crippen LogP) is 3.42. The van der Waals surface area contributed by atoms with E-state index in [4.69, 9.17) is 0 Å². The third kappa shape index (κ3) is 4.42. The molecule has 0 aromatic carbocycles. The topological polar surface area (TPSA) is 6.48 Å². The molecule has 2 heterocycles. The van der Waals surface area contributed by atoms with Gasteiger partial charge in [-0.15, -0.1) is 0 Å². The van der Waals surface area contributed by atoms with Gasteiger partial charge in [-0.3, -0.25) is 0 Å². The van der Waals surface area contributed by atoms with Crippen LogP contribution in [0.3, 0.4) is 0 Å². The molecule has 2 nitrogen and oxygen atoms in total. The van der Waals surface area contributed by atoms with Crippen LogP contribution in [0.5, 0.6) is 0 Å². The average Bonchev–Trinajstić information content (AvgIpc) is 2.32. The lowest BCUT2D eigenvalue weighted by Gasteiger charge is -2.44. The van der Waals surface area contributed by atoms with Crippen molar-refractivity contribution >= 4 is 0 Å². The van der Waals surface area contributed by atoms with Crippen LogP contribution in [0, 0.1) is 17.8 Å². The van der Waals surface area contributed by atoms with Gasteiger partial charge in [0, 0.05) is 31.6 Å². The quantitative estimate of drug-likeness (QED) is 0.737. The molecule has 2 saturated heterocycles. The number of halogens is 1. The molecule has 1 atom stereocenters. The second-order valence-electron chi connectivity index (χ2n) is 7.70. The van der Waals surface area contributed by atoms with Gasteiger partial charge < -0.3 is 9.80 Å². The van der Waals surface area contributed by atoms with Gasteiger partial charge in [-0.2, -0.15) is 0 Å². The standard InChI is InChI=1S/C17H33FN2/c1-13(2)9-17(18)16-11-19(12-16)10-15-5-7-20(8-6-15)14(3)4/h13-17H,5-12H2,1-4H3/t17-/m1/s1. The summed E-state index contributed by atoms with van der Waals surface area (Å²) >= 11 is 0. The third-order valence-electron chi connectivity index (χ3n) is 5.09. The summed E-state index contributed by atoms with van der Waals surface area (Å²) < 4.78 is 14.0. The minimum atomic E-state index is -0.575. The lowest BCUT2D eigenvalue weighted by atomic mass is 9.87. The SMILES string of the molecule is CC(C)C[C@@H](F)C1CN(CC2CCN(C(C)C)CC2)C1. The summed E-state index contributed by atoms with van der Waals surface area (Å²) in [5.41, 5.74) is 0. The molecule has 0 unspecified atom stereocenters. The van der Waals surface area contributed by atoms with Crippen molar-refractivity contribution in [3.05, 3.63) is 0 Å². The molecule has 0 aromatic heterocycles. The predicted molar refractivity (Wildman–Crippen MR) is 83.7 cm³/mol. The highest BCUT2D eigenvalue weighted by atomic mass is 19.1. The molecule has 2 aliphatic rings. The first-order valence-electron chi connectivity index (χ1n) is 8.56. The minimum Gasteiger partial charge on any atom is -0.302 e. The van der Waals surface area contributed by atoms with Crippen molar-refractivity contribution in [1.82, 2.24) is 9.80 Å². The number of alkyl halides is 1. The zero-order chi connectivity index (χ0) is 14.7. The fourth-order valence-corrected chi connectivity index (χ4v) is 3.65. The molecule has 2 rings (SSSR count). The van der Waals surface area contributed by atoms with Crippen molar-refractivity contribution in [1.29, 1.82) is 0 Å². The van der Waals surface area contributed by atoms with Gasteiger partial charge >= 0.3 is 0 Å². The van der Waals surface area contributed by atoms with Crippen LogP contribution in [0.4, 0.5) is 4.39 Å². The number of hydrogen-bond acceptors (Lipinski definition) is 2. The first kappa shape index (κ1) is 16.2. The van der Waals surface area contributed by atoms with Crippen molar-refractivity contribution in [2.45, 2.75) is 59.2 Å². The highest BCUT2D eigenvalue weighted by molar-refractivity contribution is 4.88. The van der Waals surface area contributed by atoms with Crippen LogP contribution in [-0.2, 0) is 0 Å². The van der Waals surface area contributed by atoms with E-state index in [1.165, 1.54) is 32.5 Å². The first-order chi connectivity index (χ1) is 9.45. The van der Waals surface area contributed by atoms with E-state index in [1.54, 1.807) is 0 Å². The van der Waals surface area contributed by atoms with Crippen LogP contribution >= 0.6 is 0 Å². The van der Waals surface area contributed by atoms with Crippen molar-refractivity contribution in [2.75, 3.05) is 32.7 Å². The van der Waals surface area contributed by atoms with Crippen molar-refractivity contribution < 1.29 is 4.39 Å². The molecule has 0 aliphatic carbocycles. The Morgan fingerprint density at radius 2 is 1.65 bits per heavy atom. The maximum absolute atomic E-state index is 14.0. The molecule has 0 radical (unpaired) electrons. The highest BCUT2D eigenvalue weighted by Gasteiger charge is 2.35. The Balaban J connectivity index is 1.61. The summed E-state index contributed by atoms with van der Waals surface area (Å²) in [6.07, 6.45) is 2.81. The van der Waals surface area contributed by atoms with Crippen molar-refractivity contribution in [3.63, 3.8) is 0 Å². The van der Waals surface area contributed by atoms with E-state index in [2.05, 4.69) is 37.5 Å². The highest BCUT2D eigenvalue weighted by Crippen LogP contribution is 2.28. The zero-order valence-corrected chi connectivity index (χ0v) is 13.8. The fraction of sp³-hybridized carbons (Fsp3) is 1.00. The monoisotopic (exact) mass is 284 g/mol. The Morgan fingerprint density at radius 3 is 2.15 bits per heavy atom. The maximum atomic E-state index is 14.0. The molecule has 0 spiro atoms. The van der Waals surface area contributed by atoms with Gasteiger partial charge in [0.05, 0.1) is 0 Å². The van der Waals surface area contributed by atoms with Gasteiger partial charge in [-0.1, -0.05) is 13.8 Å². The summed E-state index contributed by atoms with van der Waals surface area (Å²) in [4.78, 5) is 5.06. The average molecular weight is 284 g/mol. The van der Waals surface area contributed by atoms with E-state index in [0.717, 1.165) is 25.4 Å². The van der Waals surface area contributed by atoms with Crippen molar-refractivity contribution in [3.8, 4) is 0 Å². The van der Waals surface area contributed by atoms with Crippen LogP contribution in [0.15, 0.2) is 0 Å². The Morgan fingerprint density at radius 1 is 1.05 bits per heavy atom. The van der Waals surface area contributed by atoms with E-state index in [-0.39, 0.29) is 0 Å². The third-order valence-corrected chi connectivity index (χ3v) is 5.09. The summed E-state index contributed by atoms with van der Waals surface area (Å²) in [5.74, 6) is 1.64. The normalized spacial score (nSPS) is 25.4. The number of nitrogens with zero attached hydrogens (tertiary/aromatic N) is 2. The number of hydrogen-bond donors (Lipinski definition) is 0. The second kappa shape index (κ2) is 7.22. The summed E-state index contributed by atoms with van der Waals surface area (Å²) in [7, 11) is 0. The number of rotatable bonds is 6. The Kier molecular flexibility index (Phi) is 5.85. The van der Waals surface area contributed by atoms with Crippen LogP contribution in [0.1, 0.15) is 47.0 Å². The number of piperidine rings is 1. The van der Waals surface area contributed by atoms with E-state index < -0.39 is 6.17 Å². The van der Waals surface area contributed by atoms with E-state index >= 15 is 0 Å².